The molecule has 0 bridgehead atoms. The van der Waals surface area contributed by atoms with Gasteiger partial charge in [-0.15, -0.1) is 0 Å². The largest absolute Gasteiger partial charge is 0.351 e. The van der Waals surface area contributed by atoms with Crippen molar-refractivity contribution >= 4 is 0 Å². The lowest BCUT2D eigenvalue weighted by Gasteiger charge is -2.20. The molecule has 1 aromatic rings. The van der Waals surface area contributed by atoms with Crippen LogP contribution in [0.5, 0.6) is 0 Å². The Hall–Kier alpha value is -0.800. The van der Waals surface area contributed by atoms with Gasteiger partial charge in [-0.3, -0.25) is 0 Å². The molecule has 1 atom stereocenters. The molecule has 0 spiro atoms. The van der Waals surface area contributed by atoms with Gasteiger partial charge in [0.2, 0.25) is 0 Å². The van der Waals surface area contributed by atoms with E-state index in [1.54, 1.807) is 0 Å². The van der Waals surface area contributed by atoms with Crippen LogP contribution in [0.3, 0.4) is 0 Å². The second-order valence-corrected chi connectivity index (χ2v) is 5.24. The van der Waals surface area contributed by atoms with Crippen LogP contribution >= 0.6 is 0 Å². The molecule has 1 aromatic heterocycles. The van der Waals surface area contributed by atoms with Gasteiger partial charge < -0.3 is 14.8 Å². The van der Waals surface area contributed by atoms with Crippen molar-refractivity contribution in [3.63, 3.8) is 0 Å². The molecule has 19 heavy (non-hydrogen) atoms. The van der Waals surface area contributed by atoms with E-state index in [2.05, 4.69) is 60.8 Å². The summed E-state index contributed by atoms with van der Waals surface area (Å²) in [7, 11) is 0. The quantitative estimate of drug-likeness (QED) is 0.701. The van der Waals surface area contributed by atoms with Crippen LogP contribution in [0.2, 0.25) is 0 Å². The molecule has 1 unspecified atom stereocenters. The molecule has 0 aliphatic heterocycles. The van der Waals surface area contributed by atoms with E-state index in [1.807, 2.05) is 0 Å². The Balaban J connectivity index is 2.19. The number of aromatic nitrogens is 1. The van der Waals surface area contributed by atoms with Crippen molar-refractivity contribution in [3.05, 3.63) is 24.0 Å². The standard InChI is InChI=1S/C16H31N3/c1-5-18(6-2)12-8-10-15(4)17-14-16-11-9-13-19(16)7-3/h9,11,13,15,17H,5-8,10,12,14H2,1-4H3. The molecule has 0 saturated carbocycles. The molecule has 1 rings (SSSR count). The molecule has 0 radical (unpaired) electrons. The summed E-state index contributed by atoms with van der Waals surface area (Å²) in [6.45, 7) is 14.6. The topological polar surface area (TPSA) is 20.2 Å². The fourth-order valence-electron chi connectivity index (χ4n) is 2.46. The van der Waals surface area contributed by atoms with Crippen LogP contribution in [0.4, 0.5) is 0 Å². The normalized spacial score (nSPS) is 13.1. The predicted octanol–water partition coefficient (Wildman–Crippen LogP) is 3.11. The smallest absolute Gasteiger partial charge is 0.0361 e. The summed E-state index contributed by atoms with van der Waals surface area (Å²) in [4.78, 5) is 2.49. The highest BCUT2D eigenvalue weighted by atomic mass is 15.1. The maximum absolute atomic E-state index is 3.63. The lowest BCUT2D eigenvalue weighted by molar-refractivity contribution is 0.290. The second-order valence-electron chi connectivity index (χ2n) is 5.24. The van der Waals surface area contributed by atoms with Crippen molar-refractivity contribution in [2.45, 2.75) is 59.7 Å². The molecule has 3 heteroatoms. The van der Waals surface area contributed by atoms with Crippen molar-refractivity contribution in [1.82, 2.24) is 14.8 Å². The minimum atomic E-state index is 0.593. The fraction of sp³-hybridized carbons (Fsp3) is 0.750. The van der Waals surface area contributed by atoms with Gasteiger partial charge in [-0.1, -0.05) is 13.8 Å². The minimum Gasteiger partial charge on any atom is -0.351 e. The van der Waals surface area contributed by atoms with E-state index < -0.39 is 0 Å². The highest BCUT2D eigenvalue weighted by Crippen LogP contribution is 2.04. The van der Waals surface area contributed by atoms with Gasteiger partial charge in [-0.2, -0.15) is 0 Å². The first-order chi connectivity index (χ1) is 9.21. The Morgan fingerprint density at radius 1 is 1.26 bits per heavy atom. The predicted molar refractivity (Wildman–Crippen MR) is 83.4 cm³/mol. The zero-order valence-electron chi connectivity index (χ0n) is 13.2. The summed E-state index contributed by atoms with van der Waals surface area (Å²) < 4.78 is 2.30. The van der Waals surface area contributed by atoms with Crippen LogP contribution in [-0.2, 0) is 13.1 Å². The molecule has 1 N–H and O–H groups in total. The summed E-state index contributed by atoms with van der Waals surface area (Å²) in [5, 5.41) is 3.63. The number of nitrogens with zero attached hydrogens (tertiary/aromatic N) is 2. The van der Waals surface area contributed by atoms with Crippen LogP contribution < -0.4 is 5.32 Å². The molecule has 0 fully saturated rings. The number of nitrogens with one attached hydrogen (secondary N) is 1. The zero-order valence-corrected chi connectivity index (χ0v) is 13.2. The molecule has 3 nitrogen and oxygen atoms in total. The monoisotopic (exact) mass is 265 g/mol. The molecule has 110 valence electrons. The summed E-state index contributed by atoms with van der Waals surface area (Å²) in [6.07, 6.45) is 4.69. The van der Waals surface area contributed by atoms with Gasteiger partial charge in [0, 0.05) is 31.0 Å². The molecule has 0 aliphatic carbocycles. The van der Waals surface area contributed by atoms with Crippen LogP contribution in [0, 0.1) is 0 Å². The molecular formula is C16H31N3. The lowest BCUT2D eigenvalue weighted by Crippen LogP contribution is -2.29. The van der Waals surface area contributed by atoms with Crippen LogP contribution in [-0.4, -0.2) is 35.1 Å². The van der Waals surface area contributed by atoms with Gasteiger partial charge in [0.05, 0.1) is 0 Å². The second kappa shape index (κ2) is 9.16. The number of hydrogen-bond donors (Lipinski definition) is 1. The lowest BCUT2D eigenvalue weighted by atomic mass is 10.1. The molecule has 1 heterocycles. The average molecular weight is 265 g/mol. The zero-order chi connectivity index (χ0) is 14.1. The number of hydrogen-bond acceptors (Lipinski definition) is 2. The SMILES string of the molecule is CCN(CC)CCCC(C)NCc1cccn1CC. The summed E-state index contributed by atoms with van der Waals surface area (Å²) in [6, 6.07) is 4.93. The Bertz CT molecular complexity index is 328. The Kier molecular flexibility index (Phi) is 7.84. The summed E-state index contributed by atoms with van der Waals surface area (Å²) in [5.74, 6) is 0. The molecule has 0 aliphatic rings. The number of rotatable bonds is 10. The van der Waals surface area contributed by atoms with Crippen LogP contribution in [0.1, 0.15) is 46.2 Å². The van der Waals surface area contributed by atoms with Gasteiger partial charge in [0.1, 0.15) is 0 Å². The van der Waals surface area contributed by atoms with E-state index in [0.717, 1.165) is 13.1 Å². The van der Waals surface area contributed by atoms with E-state index in [9.17, 15) is 0 Å². The van der Waals surface area contributed by atoms with Gasteiger partial charge in [-0.25, -0.2) is 0 Å². The van der Waals surface area contributed by atoms with Crippen LogP contribution in [0.15, 0.2) is 18.3 Å². The van der Waals surface area contributed by atoms with Gasteiger partial charge in [0.25, 0.3) is 0 Å². The van der Waals surface area contributed by atoms with Crippen molar-refractivity contribution in [2.75, 3.05) is 19.6 Å². The third kappa shape index (κ3) is 5.79. The van der Waals surface area contributed by atoms with Gasteiger partial charge in [-0.05, 0) is 58.5 Å². The van der Waals surface area contributed by atoms with Crippen molar-refractivity contribution < 1.29 is 0 Å². The summed E-state index contributed by atoms with van der Waals surface area (Å²) >= 11 is 0. The average Bonchev–Trinajstić information content (AvgIpc) is 2.88. The number of aryl methyl sites for hydroxylation is 1. The van der Waals surface area contributed by atoms with E-state index in [4.69, 9.17) is 0 Å². The molecular weight excluding hydrogens is 234 g/mol. The maximum atomic E-state index is 3.63. The highest BCUT2D eigenvalue weighted by Gasteiger charge is 2.05. The molecule has 0 saturated heterocycles. The third-order valence-electron chi connectivity index (χ3n) is 3.90. The van der Waals surface area contributed by atoms with E-state index >= 15 is 0 Å². The first-order valence-electron chi connectivity index (χ1n) is 7.80. The maximum Gasteiger partial charge on any atom is 0.0361 e. The van der Waals surface area contributed by atoms with E-state index in [1.165, 1.54) is 38.2 Å². The molecule has 0 amide bonds. The van der Waals surface area contributed by atoms with E-state index in [-0.39, 0.29) is 0 Å². The van der Waals surface area contributed by atoms with E-state index in [0.29, 0.717) is 6.04 Å². The Morgan fingerprint density at radius 2 is 2.00 bits per heavy atom. The van der Waals surface area contributed by atoms with Gasteiger partial charge >= 0.3 is 0 Å². The van der Waals surface area contributed by atoms with Gasteiger partial charge in [0.15, 0.2) is 0 Å². The first kappa shape index (κ1) is 16.3. The molecule has 0 aromatic carbocycles. The minimum absolute atomic E-state index is 0.593. The fourth-order valence-corrected chi connectivity index (χ4v) is 2.46. The third-order valence-corrected chi connectivity index (χ3v) is 3.90. The Morgan fingerprint density at radius 3 is 2.63 bits per heavy atom. The van der Waals surface area contributed by atoms with Crippen molar-refractivity contribution in [2.24, 2.45) is 0 Å². The highest BCUT2D eigenvalue weighted by molar-refractivity contribution is 5.06. The Labute approximate surface area is 119 Å². The first-order valence-corrected chi connectivity index (χ1v) is 7.80. The summed E-state index contributed by atoms with van der Waals surface area (Å²) in [5.41, 5.74) is 1.39. The van der Waals surface area contributed by atoms with Crippen molar-refractivity contribution in [1.29, 1.82) is 0 Å². The van der Waals surface area contributed by atoms with Crippen molar-refractivity contribution in [3.8, 4) is 0 Å². The van der Waals surface area contributed by atoms with Crippen LogP contribution in [0.25, 0.3) is 0 Å².